The van der Waals surface area contributed by atoms with Crippen LogP contribution < -0.4 is 5.32 Å². The highest BCUT2D eigenvalue weighted by atomic mass is 16.5. The summed E-state index contributed by atoms with van der Waals surface area (Å²) in [6.07, 6.45) is 3.02. The number of aryl methyl sites for hydroxylation is 2. The van der Waals surface area contributed by atoms with Crippen LogP contribution in [-0.2, 0) is 20.9 Å². The number of hydrogen-bond donors (Lipinski definition) is 2. The minimum Gasteiger partial charge on any atom is -0.480 e. The zero-order chi connectivity index (χ0) is 21.0. The molecule has 0 radical (unpaired) electrons. The molecule has 1 aromatic carbocycles. The number of ether oxygens (including phenoxy) is 1. The van der Waals surface area contributed by atoms with Crippen molar-refractivity contribution in [2.75, 3.05) is 0 Å². The van der Waals surface area contributed by atoms with E-state index in [9.17, 15) is 9.59 Å². The summed E-state index contributed by atoms with van der Waals surface area (Å²) in [4.78, 5) is 27.8. The summed E-state index contributed by atoms with van der Waals surface area (Å²) in [5.41, 5.74) is 2.85. The van der Waals surface area contributed by atoms with Crippen molar-refractivity contribution in [1.29, 1.82) is 0 Å². The van der Waals surface area contributed by atoms with Crippen LogP contribution in [0.4, 0.5) is 0 Å². The molecule has 2 N–H and O–H groups in total. The van der Waals surface area contributed by atoms with Gasteiger partial charge in [-0.1, -0.05) is 24.1 Å². The van der Waals surface area contributed by atoms with Gasteiger partial charge in [0.2, 0.25) is 11.8 Å². The van der Waals surface area contributed by atoms with Crippen molar-refractivity contribution in [3.63, 3.8) is 0 Å². The Hall–Kier alpha value is -2.67. The van der Waals surface area contributed by atoms with Crippen LogP contribution in [0.3, 0.4) is 0 Å². The number of nitrogens with zero attached hydrogens (tertiary/aromatic N) is 1. The molecule has 2 aromatic rings. The van der Waals surface area contributed by atoms with E-state index in [1.165, 1.54) is 12.5 Å². The molecular formula is C22H28N2O5. The van der Waals surface area contributed by atoms with Gasteiger partial charge in [0.15, 0.2) is 0 Å². The van der Waals surface area contributed by atoms with E-state index in [2.05, 4.69) is 10.3 Å². The molecule has 3 atom stereocenters. The number of carboxylic acids is 1. The van der Waals surface area contributed by atoms with Crippen molar-refractivity contribution in [3.8, 4) is 11.5 Å². The number of carbonyl (C=O) groups is 2. The van der Waals surface area contributed by atoms with Gasteiger partial charge in [-0.3, -0.25) is 9.59 Å². The Balaban J connectivity index is 1.56. The lowest BCUT2D eigenvalue weighted by Gasteiger charge is -2.28. The van der Waals surface area contributed by atoms with Crippen LogP contribution in [0.25, 0.3) is 11.5 Å². The van der Waals surface area contributed by atoms with Crippen LogP contribution in [0, 0.1) is 19.8 Å². The normalized spacial score (nSPS) is 20.2. The topological polar surface area (TPSA) is 102 Å². The van der Waals surface area contributed by atoms with E-state index in [0.29, 0.717) is 18.9 Å². The first-order valence-corrected chi connectivity index (χ1v) is 10.0. The zero-order valence-corrected chi connectivity index (χ0v) is 17.1. The Morgan fingerprint density at radius 2 is 2.00 bits per heavy atom. The Kier molecular flexibility index (Phi) is 6.69. The highest BCUT2D eigenvalue weighted by Gasteiger charge is 2.29. The lowest BCUT2D eigenvalue weighted by Crippen LogP contribution is -2.43. The molecule has 1 aliphatic carbocycles. The van der Waals surface area contributed by atoms with Gasteiger partial charge in [0.25, 0.3) is 0 Å². The van der Waals surface area contributed by atoms with Gasteiger partial charge in [0.05, 0.1) is 12.7 Å². The maximum absolute atomic E-state index is 12.3. The third-order valence-corrected chi connectivity index (χ3v) is 5.37. The molecule has 1 amide bonds. The van der Waals surface area contributed by atoms with Gasteiger partial charge in [-0.05, 0) is 52.2 Å². The Morgan fingerprint density at radius 1 is 1.28 bits per heavy atom. The molecule has 1 saturated carbocycles. The van der Waals surface area contributed by atoms with Crippen LogP contribution in [0.1, 0.15) is 49.6 Å². The minimum atomic E-state index is -1.03. The van der Waals surface area contributed by atoms with E-state index in [-0.39, 0.29) is 17.9 Å². The fourth-order valence-electron chi connectivity index (χ4n) is 3.51. The number of hydrogen-bond acceptors (Lipinski definition) is 5. The second kappa shape index (κ2) is 9.22. The number of carboxylic acid groups (broad SMARTS) is 1. The van der Waals surface area contributed by atoms with Gasteiger partial charge in [0.1, 0.15) is 17.5 Å². The van der Waals surface area contributed by atoms with Gasteiger partial charge in [-0.2, -0.15) is 0 Å². The number of amides is 1. The summed E-state index contributed by atoms with van der Waals surface area (Å²) in [7, 11) is 0. The summed E-state index contributed by atoms with van der Waals surface area (Å²) < 4.78 is 11.8. The second-order valence-corrected chi connectivity index (χ2v) is 7.75. The molecule has 7 heteroatoms. The molecule has 156 valence electrons. The summed E-state index contributed by atoms with van der Waals surface area (Å²) in [5.74, 6) is -0.178. The Labute approximate surface area is 170 Å². The van der Waals surface area contributed by atoms with E-state index >= 15 is 0 Å². The molecule has 0 saturated heterocycles. The lowest BCUT2D eigenvalue weighted by molar-refractivity contribution is -0.142. The van der Waals surface area contributed by atoms with Crippen LogP contribution in [0.15, 0.2) is 28.7 Å². The van der Waals surface area contributed by atoms with Gasteiger partial charge < -0.3 is 19.6 Å². The van der Waals surface area contributed by atoms with Gasteiger partial charge >= 0.3 is 5.97 Å². The summed E-state index contributed by atoms with van der Waals surface area (Å²) in [5, 5.41) is 11.5. The van der Waals surface area contributed by atoms with Crippen molar-refractivity contribution in [3.05, 3.63) is 41.3 Å². The number of oxazole rings is 1. The van der Waals surface area contributed by atoms with Crippen molar-refractivity contribution in [2.24, 2.45) is 5.92 Å². The van der Waals surface area contributed by atoms with Crippen LogP contribution in [0.2, 0.25) is 0 Å². The van der Waals surface area contributed by atoms with Crippen molar-refractivity contribution >= 4 is 11.9 Å². The van der Waals surface area contributed by atoms with E-state index in [1.807, 2.05) is 38.1 Å². The molecule has 1 aliphatic rings. The summed E-state index contributed by atoms with van der Waals surface area (Å²) >= 11 is 0. The predicted molar refractivity (Wildman–Crippen MR) is 107 cm³/mol. The van der Waals surface area contributed by atoms with Gasteiger partial charge in [0, 0.05) is 11.5 Å². The number of aliphatic carboxylic acids is 1. The molecule has 3 rings (SSSR count). The average molecular weight is 400 g/mol. The first kappa shape index (κ1) is 21.0. The van der Waals surface area contributed by atoms with Crippen LogP contribution in [0.5, 0.6) is 0 Å². The van der Waals surface area contributed by atoms with E-state index in [0.717, 1.165) is 36.3 Å². The Bertz CT molecular complexity index is 859. The first-order chi connectivity index (χ1) is 13.8. The molecule has 29 heavy (non-hydrogen) atoms. The first-order valence-electron chi connectivity index (χ1n) is 10.0. The third-order valence-electron chi connectivity index (χ3n) is 5.37. The number of aromatic nitrogens is 1. The van der Waals surface area contributed by atoms with E-state index in [1.54, 1.807) is 0 Å². The maximum atomic E-state index is 12.3. The molecule has 0 bridgehead atoms. The fraction of sp³-hybridized carbons (Fsp3) is 0.500. The molecule has 0 aliphatic heterocycles. The molecular weight excluding hydrogens is 372 g/mol. The smallest absolute Gasteiger partial charge is 0.325 e. The standard InChI is InChI=1S/C22H28N2O5/c1-13-7-9-16(10-8-13)21-24-19(15(3)29-21)12-28-18-6-4-5-17(11-18)20(25)23-14(2)22(26)27/h7-10,14,17-18H,4-6,11-12H2,1-3H3,(H,23,25)(H,26,27)/t14-,17?,18?/m1/s1. The molecule has 0 spiro atoms. The quantitative estimate of drug-likeness (QED) is 0.736. The van der Waals surface area contributed by atoms with E-state index in [4.69, 9.17) is 14.3 Å². The monoisotopic (exact) mass is 400 g/mol. The summed E-state index contributed by atoms with van der Waals surface area (Å²) in [6.45, 7) is 5.69. The van der Waals surface area contributed by atoms with Crippen molar-refractivity contribution in [2.45, 2.75) is 65.2 Å². The van der Waals surface area contributed by atoms with Crippen molar-refractivity contribution in [1.82, 2.24) is 10.3 Å². The van der Waals surface area contributed by atoms with E-state index < -0.39 is 12.0 Å². The molecule has 1 aromatic heterocycles. The average Bonchev–Trinajstić information content (AvgIpc) is 3.07. The lowest BCUT2D eigenvalue weighted by atomic mass is 9.86. The number of benzene rings is 1. The third kappa shape index (κ3) is 5.44. The molecule has 1 fully saturated rings. The van der Waals surface area contributed by atoms with Crippen LogP contribution in [-0.4, -0.2) is 34.1 Å². The maximum Gasteiger partial charge on any atom is 0.325 e. The molecule has 1 heterocycles. The van der Waals surface area contributed by atoms with Crippen LogP contribution >= 0.6 is 0 Å². The molecule has 2 unspecified atom stereocenters. The van der Waals surface area contributed by atoms with Gasteiger partial charge in [-0.25, -0.2) is 4.98 Å². The highest BCUT2D eigenvalue weighted by Crippen LogP contribution is 2.28. The minimum absolute atomic E-state index is 0.0569. The number of carbonyl (C=O) groups excluding carboxylic acids is 1. The Morgan fingerprint density at radius 3 is 2.69 bits per heavy atom. The van der Waals surface area contributed by atoms with Gasteiger partial charge in [-0.15, -0.1) is 0 Å². The summed E-state index contributed by atoms with van der Waals surface area (Å²) in [6, 6.07) is 7.11. The predicted octanol–water partition coefficient (Wildman–Crippen LogP) is 3.62. The number of rotatable bonds is 7. The zero-order valence-electron chi connectivity index (χ0n) is 17.1. The number of nitrogens with one attached hydrogen (secondary N) is 1. The fourth-order valence-corrected chi connectivity index (χ4v) is 3.51. The molecule has 7 nitrogen and oxygen atoms in total. The SMILES string of the molecule is Cc1ccc(-c2nc(COC3CCCC(C(=O)N[C@H](C)C(=O)O)C3)c(C)o2)cc1. The highest BCUT2D eigenvalue weighted by molar-refractivity contribution is 5.84. The van der Waals surface area contributed by atoms with Crippen molar-refractivity contribution < 1.29 is 23.8 Å². The largest absolute Gasteiger partial charge is 0.480 e. The second-order valence-electron chi connectivity index (χ2n) is 7.75.